The Balaban J connectivity index is 1.41. The molecule has 0 aliphatic heterocycles. The minimum absolute atomic E-state index is 0.320. The molecule has 0 saturated carbocycles. The molecule has 0 fully saturated rings. The summed E-state index contributed by atoms with van der Waals surface area (Å²) >= 11 is 0. The Morgan fingerprint density at radius 3 is 1.90 bits per heavy atom. The summed E-state index contributed by atoms with van der Waals surface area (Å²) in [5.41, 5.74) is 2.77. The van der Waals surface area contributed by atoms with Crippen molar-refractivity contribution < 1.29 is 37.0 Å². The van der Waals surface area contributed by atoms with Gasteiger partial charge in [0.25, 0.3) is 0 Å². The summed E-state index contributed by atoms with van der Waals surface area (Å²) in [6, 6.07) is 19.1. The van der Waals surface area contributed by atoms with Crippen LogP contribution in [0.1, 0.15) is 46.3 Å². The molecule has 208 valence electrons. The second-order valence-corrected chi connectivity index (χ2v) is 8.44. The average molecular weight is 553 g/mol. The Kier molecular flexibility index (Phi) is 11.2. The van der Waals surface area contributed by atoms with Gasteiger partial charge in [0.05, 0.1) is 24.6 Å². The number of carbonyl (C=O) groups is 2. The third-order valence-corrected chi connectivity index (χ3v) is 5.40. The van der Waals surface area contributed by atoms with Crippen molar-refractivity contribution in [2.75, 3.05) is 6.61 Å². The van der Waals surface area contributed by atoms with E-state index >= 15 is 0 Å². The van der Waals surface area contributed by atoms with E-state index in [2.05, 4.69) is 21.5 Å². The molecular formula is C30H27F3N2O5. The molecule has 3 aromatic carbocycles. The Hall–Kier alpha value is -4.73. The van der Waals surface area contributed by atoms with Gasteiger partial charge in [-0.2, -0.15) is 10.2 Å². The lowest BCUT2D eigenvalue weighted by Gasteiger charge is -2.08. The van der Waals surface area contributed by atoms with Crippen LogP contribution in [0.15, 0.2) is 95.7 Å². The highest BCUT2D eigenvalue weighted by Crippen LogP contribution is 2.22. The Labute approximate surface area is 229 Å². The number of esters is 2. The van der Waals surface area contributed by atoms with E-state index < -0.39 is 18.3 Å². The van der Waals surface area contributed by atoms with Crippen LogP contribution in [0, 0.1) is 0 Å². The van der Waals surface area contributed by atoms with E-state index in [1.54, 1.807) is 36.4 Å². The number of nitrogens with zero attached hydrogens (tertiary/aromatic N) is 2. The predicted molar refractivity (Wildman–Crippen MR) is 145 cm³/mol. The topological polar surface area (TPSA) is 86.6 Å². The van der Waals surface area contributed by atoms with Gasteiger partial charge < -0.3 is 14.2 Å². The van der Waals surface area contributed by atoms with Gasteiger partial charge in [0.1, 0.15) is 11.5 Å². The van der Waals surface area contributed by atoms with Gasteiger partial charge in [-0.05, 0) is 103 Å². The lowest BCUT2D eigenvalue weighted by molar-refractivity contribution is -0.274. The number of carbonyl (C=O) groups excluding carboxylic acids is 2. The second-order valence-electron chi connectivity index (χ2n) is 8.44. The van der Waals surface area contributed by atoms with Crippen molar-refractivity contribution in [3.8, 4) is 11.5 Å². The van der Waals surface area contributed by atoms with Crippen molar-refractivity contribution in [2.45, 2.75) is 32.0 Å². The first-order valence-corrected chi connectivity index (χ1v) is 12.3. The molecule has 0 saturated heterocycles. The van der Waals surface area contributed by atoms with Gasteiger partial charge in [-0.1, -0.05) is 18.7 Å². The number of benzene rings is 3. The maximum atomic E-state index is 12.5. The lowest BCUT2D eigenvalue weighted by atomic mass is 10.1. The Morgan fingerprint density at radius 1 is 0.775 bits per heavy atom. The summed E-state index contributed by atoms with van der Waals surface area (Å²) in [6.45, 7) is 3.73. The average Bonchev–Trinajstić information content (AvgIpc) is 2.94. The monoisotopic (exact) mass is 552 g/mol. The van der Waals surface area contributed by atoms with E-state index in [0.29, 0.717) is 29.0 Å². The molecule has 0 aromatic heterocycles. The number of alkyl halides is 3. The van der Waals surface area contributed by atoms with Gasteiger partial charge in [-0.25, -0.2) is 9.59 Å². The van der Waals surface area contributed by atoms with Crippen LogP contribution < -0.4 is 9.47 Å². The lowest BCUT2D eigenvalue weighted by Crippen LogP contribution is -2.16. The summed E-state index contributed by atoms with van der Waals surface area (Å²) in [4.78, 5) is 23.5. The maximum Gasteiger partial charge on any atom is 0.573 e. The van der Waals surface area contributed by atoms with Crippen LogP contribution in [-0.2, 0) is 16.0 Å². The first-order valence-electron chi connectivity index (χ1n) is 12.3. The van der Waals surface area contributed by atoms with Crippen LogP contribution in [0.4, 0.5) is 13.2 Å². The zero-order valence-electron chi connectivity index (χ0n) is 21.5. The van der Waals surface area contributed by atoms with Crippen LogP contribution in [0.25, 0.3) is 0 Å². The van der Waals surface area contributed by atoms with E-state index in [-0.39, 0.29) is 5.75 Å². The molecule has 0 bridgehead atoms. The summed E-state index contributed by atoms with van der Waals surface area (Å²) in [5, 5.41) is 7.79. The molecule has 0 aliphatic carbocycles. The summed E-state index contributed by atoms with van der Waals surface area (Å²) in [6.07, 6.45) is 2.75. The standard InChI is InChI=1S/C30H27F3N2O5/c1-2-28(36)38-19-5-3-4-6-22-7-13-25(14-8-22)29(37)39-26-15-9-23(10-16-26)20-34-35-21-24-11-17-27(18-12-24)40-30(31,32)33/h2,7-18,20-21H,1,3-6,19H2/b34-20+,35-21+. The van der Waals surface area contributed by atoms with E-state index in [4.69, 9.17) is 9.47 Å². The van der Waals surface area contributed by atoms with Crippen molar-refractivity contribution in [1.29, 1.82) is 0 Å². The molecule has 0 N–H and O–H groups in total. The molecule has 0 atom stereocenters. The van der Waals surface area contributed by atoms with Gasteiger partial charge in [0.15, 0.2) is 0 Å². The van der Waals surface area contributed by atoms with Gasteiger partial charge in [-0.15, -0.1) is 13.2 Å². The summed E-state index contributed by atoms with van der Waals surface area (Å²) in [5.74, 6) is -0.843. The van der Waals surface area contributed by atoms with E-state index in [1.165, 1.54) is 36.7 Å². The Morgan fingerprint density at radius 2 is 1.35 bits per heavy atom. The summed E-state index contributed by atoms with van der Waals surface area (Å²) in [7, 11) is 0. The van der Waals surface area contributed by atoms with Gasteiger partial charge >= 0.3 is 18.3 Å². The zero-order chi connectivity index (χ0) is 28.8. The highest BCUT2D eigenvalue weighted by atomic mass is 19.4. The largest absolute Gasteiger partial charge is 0.573 e. The molecule has 10 heteroatoms. The SMILES string of the molecule is C=CC(=O)OCCCCCc1ccc(C(=O)Oc2ccc(/C=N/N=C/c3ccc(OC(F)(F)F)cc3)cc2)cc1. The third kappa shape index (κ3) is 10.9. The zero-order valence-corrected chi connectivity index (χ0v) is 21.5. The molecule has 0 amide bonds. The fraction of sp³-hybridized carbons (Fsp3) is 0.200. The van der Waals surface area contributed by atoms with E-state index in [0.717, 1.165) is 37.3 Å². The first kappa shape index (κ1) is 29.8. The van der Waals surface area contributed by atoms with Crippen molar-refractivity contribution in [3.05, 3.63) is 108 Å². The quantitative estimate of drug-likeness (QED) is 0.0588. The molecule has 7 nitrogen and oxygen atoms in total. The smallest absolute Gasteiger partial charge is 0.463 e. The van der Waals surface area contributed by atoms with Crippen LogP contribution in [0.3, 0.4) is 0 Å². The van der Waals surface area contributed by atoms with Crippen molar-refractivity contribution in [3.63, 3.8) is 0 Å². The fourth-order valence-corrected chi connectivity index (χ4v) is 3.39. The number of rotatable bonds is 13. The first-order chi connectivity index (χ1) is 19.2. The van der Waals surface area contributed by atoms with Crippen LogP contribution >= 0.6 is 0 Å². The molecule has 40 heavy (non-hydrogen) atoms. The Bertz CT molecular complexity index is 1320. The van der Waals surface area contributed by atoms with Gasteiger partial charge in [0, 0.05) is 6.08 Å². The number of unbranched alkanes of at least 4 members (excludes halogenated alkanes) is 2. The number of hydrogen-bond donors (Lipinski definition) is 0. The molecule has 0 aliphatic rings. The van der Waals surface area contributed by atoms with Crippen molar-refractivity contribution >= 4 is 24.4 Å². The van der Waals surface area contributed by atoms with E-state index in [9.17, 15) is 22.8 Å². The molecule has 0 spiro atoms. The fourth-order valence-electron chi connectivity index (χ4n) is 3.39. The highest BCUT2D eigenvalue weighted by molar-refractivity contribution is 5.91. The molecule has 3 aromatic rings. The maximum absolute atomic E-state index is 12.5. The van der Waals surface area contributed by atoms with Crippen LogP contribution in [0.5, 0.6) is 11.5 Å². The number of aryl methyl sites for hydroxylation is 1. The third-order valence-electron chi connectivity index (χ3n) is 5.40. The number of ether oxygens (including phenoxy) is 3. The highest BCUT2D eigenvalue weighted by Gasteiger charge is 2.30. The van der Waals surface area contributed by atoms with Crippen LogP contribution in [0.2, 0.25) is 0 Å². The second kappa shape index (κ2) is 15.0. The minimum Gasteiger partial charge on any atom is -0.463 e. The van der Waals surface area contributed by atoms with Crippen molar-refractivity contribution in [1.82, 2.24) is 0 Å². The molecule has 0 heterocycles. The van der Waals surface area contributed by atoms with Gasteiger partial charge in [-0.3, -0.25) is 0 Å². The number of hydrogen-bond acceptors (Lipinski definition) is 7. The molecular weight excluding hydrogens is 525 g/mol. The predicted octanol–water partition coefficient (Wildman–Crippen LogP) is 6.70. The number of halogens is 3. The van der Waals surface area contributed by atoms with Crippen molar-refractivity contribution in [2.24, 2.45) is 10.2 Å². The summed E-state index contributed by atoms with van der Waals surface area (Å²) < 4.78 is 50.8. The van der Waals surface area contributed by atoms with Gasteiger partial charge in [0.2, 0.25) is 0 Å². The van der Waals surface area contributed by atoms with E-state index in [1.807, 2.05) is 12.1 Å². The molecule has 0 unspecified atom stereocenters. The molecule has 0 radical (unpaired) electrons. The minimum atomic E-state index is -4.74. The molecule has 3 rings (SSSR count). The normalized spacial score (nSPS) is 11.5. The van der Waals surface area contributed by atoms with Crippen LogP contribution in [-0.4, -0.2) is 37.3 Å².